The van der Waals surface area contributed by atoms with E-state index in [-0.39, 0.29) is 36.3 Å². The number of nitrogen functional groups attached to an aromatic ring is 2. The van der Waals surface area contributed by atoms with E-state index in [2.05, 4.69) is 20.4 Å². The number of halogens is 2. The number of hydrogen-bond donors (Lipinski definition) is 2. The van der Waals surface area contributed by atoms with Crippen LogP contribution in [0.3, 0.4) is 0 Å². The first-order chi connectivity index (χ1) is 29.2. The molecule has 4 N–H and O–H groups in total. The Morgan fingerprint density at radius 1 is 0.467 bits per heavy atom. The number of nitrogens with two attached hydrogens (primary N) is 2. The Balaban J connectivity index is 0.798. The van der Waals surface area contributed by atoms with Crippen molar-refractivity contribution < 1.29 is 28.5 Å². The van der Waals surface area contributed by atoms with Crippen molar-refractivity contribution >= 4 is 58.3 Å². The number of thioether (sulfide) groups is 2. The molecule has 0 spiro atoms. The second-order valence-electron chi connectivity index (χ2n) is 12.9. The van der Waals surface area contributed by atoms with Crippen molar-refractivity contribution in [2.45, 2.75) is 36.7 Å². The van der Waals surface area contributed by atoms with Crippen molar-refractivity contribution in [1.29, 1.82) is 0 Å². The first-order valence-corrected chi connectivity index (χ1v) is 20.9. The fraction of sp³-hybridized carbons (Fsp3) is 0.143. The van der Waals surface area contributed by atoms with Crippen molar-refractivity contribution in [2.75, 3.05) is 23.2 Å². The van der Waals surface area contributed by atoms with E-state index in [9.17, 15) is 9.59 Å². The number of nitrogens with zero attached hydrogens (tertiary/aromatic N) is 6. The lowest BCUT2D eigenvalue weighted by molar-refractivity contribution is 0.101. The predicted octanol–water partition coefficient (Wildman–Crippen LogP) is 7.87. The van der Waals surface area contributed by atoms with E-state index < -0.39 is 0 Å². The van der Waals surface area contributed by atoms with Crippen LogP contribution in [0.5, 0.6) is 23.0 Å². The summed E-state index contributed by atoms with van der Waals surface area (Å²) in [5.41, 5.74) is 3.01. The molecule has 0 radical (unpaired) electrons. The Morgan fingerprint density at radius 3 is 1.13 bits per heavy atom. The maximum absolute atomic E-state index is 12.9. The number of hydrogen-bond acceptors (Lipinski definition) is 14. The number of carbonyl (C=O) groups excluding carboxylic acids is 2. The van der Waals surface area contributed by atoms with Crippen LogP contribution in [0.4, 0.5) is 0 Å². The third-order valence-electron chi connectivity index (χ3n) is 8.68. The molecular weight excluding hydrogens is 848 g/mol. The summed E-state index contributed by atoms with van der Waals surface area (Å²) >= 11 is 14.2. The summed E-state index contributed by atoms with van der Waals surface area (Å²) in [6, 6.07) is 35.7. The van der Waals surface area contributed by atoms with E-state index in [4.69, 9.17) is 53.8 Å². The molecule has 14 nitrogen and oxygen atoms in total. The van der Waals surface area contributed by atoms with Gasteiger partial charge in [0.05, 0.1) is 11.5 Å². The van der Waals surface area contributed by atoms with Gasteiger partial charge >= 0.3 is 0 Å². The average molecular weight is 884 g/mol. The molecule has 0 unspecified atom stereocenters. The molecule has 306 valence electrons. The van der Waals surface area contributed by atoms with Gasteiger partial charge in [0.15, 0.2) is 23.2 Å². The Kier molecular flexibility index (Phi) is 14.1. The number of Topliss-reactive ketones (excluding diaryl/α,β-unsaturated/α-hetero) is 2. The first kappa shape index (κ1) is 41.9. The normalized spacial score (nSPS) is 11.0. The summed E-state index contributed by atoms with van der Waals surface area (Å²) in [5.74, 6) is 15.7. The van der Waals surface area contributed by atoms with Gasteiger partial charge in [0, 0.05) is 21.2 Å². The fourth-order valence-corrected chi connectivity index (χ4v) is 7.12. The van der Waals surface area contributed by atoms with Crippen LogP contribution in [0.1, 0.15) is 43.5 Å². The molecule has 0 fully saturated rings. The van der Waals surface area contributed by atoms with E-state index in [1.54, 1.807) is 97.1 Å². The van der Waals surface area contributed by atoms with Crippen molar-refractivity contribution in [3.8, 4) is 23.0 Å². The molecule has 0 saturated carbocycles. The van der Waals surface area contributed by atoms with Crippen molar-refractivity contribution in [3.05, 3.63) is 165 Å². The number of ketones is 2. The second-order valence-corrected chi connectivity index (χ2v) is 15.6. The first-order valence-electron chi connectivity index (χ1n) is 18.2. The summed E-state index contributed by atoms with van der Waals surface area (Å²) < 4.78 is 25.9. The van der Waals surface area contributed by atoms with E-state index >= 15 is 0 Å². The lowest BCUT2D eigenvalue weighted by Crippen LogP contribution is -2.16. The zero-order chi connectivity index (χ0) is 41.8. The highest BCUT2D eigenvalue weighted by Crippen LogP contribution is 2.23. The highest BCUT2D eigenvalue weighted by Gasteiger charge is 2.16. The minimum absolute atomic E-state index is 0.0896. The molecule has 60 heavy (non-hydrogen) atoms. The van der Waals surface area contributed by atoms with Gasteiger partial charge in [-0.3, -0.25) is 9.59 Å². The zero-order valence-electron chi connectivity index (χ0n) is 31.6. The molecule has 7 aromatic rings. The average Bonchev–Trinajstić information content (AvgIpc) is 3.82. The molecule has 2 aromatic heterocycles. The van der Waals surface area contributed by atoms with Gasteiger partial charge in [0.1, 0.15) is 49.4 Å². The Morgan fingerprint density at radius 2 is 0.783 bits per heavy atom. The van der Waals surface area contributed by atoms with E-state index in [0.29, 0.717) is 79.3 Å². The minimum atomic E-state index is -0.0896. The summed E-state index contributed by atoms with van der Waals surface area (Å²) in [6.45, 7) is 0.910. The SMILES string of the molecule is Nn1c(COc2ccc(Cl)cc2)nnc1SCC(=O)c1ccc(OCc2ccc(COc3ccc(C(=O)CSc4nnc(COc5ccc(Cl)cc5)n4N)cc3)cc2)cc1. The molecule has 0 aliphatic rings. The van der Waals surface area contributed by atoms with Crippen LogP contribution in [-0.2, 0) is 26.4 Å². The van der Waals surface area contributed by atoms with Gasteiger partial charge in [-0.1, -0.05) is 71.0 Å². The van der Waals surface area contributed by atoms with Crippen LogP contribution in [0.25, 0.3) is 0 Å². The van der Waals surface area contributed by atoms with Gasteiger partial charge < -0.3 is 30.6 Å². The summed E-state index contributed by atoms with van der Waals surface area (Å²) in [5, 5.41) is 18.3. The third-order valence-corrected chi connectivity index (χ3v) is 11.1. The smallest absolute Gasteiger partial charge is 0.210 e. The van der Waals surface area contributed by atoms with Gasteiger partial charge in [0.2, 0.25) is 10.3 Å². The Labute approximate surface area is 363 Å². The molecular formula is C42H36Cl2N8O6S2. The molecule has 0 amide bonds. The van der Waals surface area contributed by atoms with Crippen molar-refractivity contribution in [3.63, 3.8) is 0 Å². The second kappa shape index (κ2) is 20.2. The molecule has 0 atom stereocenters. The molecule has 7 rings (SSSR count). The topological polar surface area (TPSA) is 185 Å². The highest BCUT2D eigenvalue weighted by molar-refractivity contribution is 8.00. The van der Waals surface area contributed by atoms with E-state index in [1.165, 1.54) is 32.9 Å². The summed E-state index contributed by atoms with van der Waals surface area (Å²) in [7, 11) is 0. The fourth-order valence-electron chi connectivity index (χ4n) is 5.33. The Bertz CT molecular complexity index is 2350. The number of carbonyl (C=O) groups is 2. The maximum Gasteiger partial charge on any atom is 0.210 e. The molecule has 0 aliphatic carbocycles. The quantitative estimate of drug-likeness (QED) is 0.0428. The minimum Gasteiger partial charge on any atom is -0.489 e. The number of benzene rings is 5. The van der Waals surface area contributed by atoms with Gasteiger partial charge in [-0.05, 0) is 108 Å². The van der Waals surface area contributed by atoms with E-state index in [1.807, 2.05) is 24.3 Å². The van der Waals surface area contributed by atoms with Crippen LogP contribution < -0.4 is 30.6 Å². The van der Waals surface area contributed by atoms with Gasteiger partial charge in [-0.25, -0.2) is 9.35 Å². The standard InChI is InChI=1S/C42H36Cl2N8O6S2/c43-31-9-17-35(18-10-31)57-23-39-47-49-41(51(39)45)59-25-37(53)29-5-13-33(14-6-29)55-21-27-1-2-28(4-3-27)22-56-34-15-7-30(8-16-34)38(54)26-60-42-50-48-40(52(42)46)24-58-36-19-11-32(44)12-20-36/h1-20H,21-26,45-46H2. The molecule has 2 heterocycles. The van der Waals surface area contributed by atoms with Crippen molar-refractivity contribution in [2.24, 2.45) is 0 Å². The molecule has 0 saturated heterocycles. The van der Waals surface area contributed by atoms with Crippen molar-refractivity contribution in [1.82, 2.24) is 29.7 Å². The van der Waals surface area contributed by atoms with Gasteiger partial charge in [0.25, 0.3) is 0 Å². The van der Waals surface area contributed by atoms with Crippen LogP contribution in [0.15, 0.2) is 132 Å². The summed E-state index contributed by atoms with van der Waals surface area (Å²) in [4.78, 5) is 25.8. The lowest BCUT2D eigenvalue weighted by atomic mass is 10.1. The third kappa shape index (κ3) is 11.5. The van der Waals surface area contributed by atoms with Crippen LogP contribution in [0.2, 0.25) is 10.0 Å². The Hall–Kier alpha value is -6.20. The lowest BCUT2D eigenvalue weighted by Gasteiger charge is -2.10. The van der Waals surface area contributed by atoms with E-state index in [0.717, 1.165) is 11.1 Å². The number of ether oxygens (including phenoxy) is 4. The van der Waals surface area contributed by atoms with Gasteiger partial charge in [-0.15, -0.1) is 20.4 Å². The summed E-state index contributed by atoms with van der Waals surface area (Å²) in [6.07, 6.45) is 0. The highest BCUT2D eigenvalue weighted by atomic mass is 35.5. The zero-order valence-corrected chi connectivity index (χ0v) is 34.8. The monoisotopic (exact) mass is 882 g/mol. The predicted molar refractivity (Wildman–Crippen MR) is 230 cm³/mol. The molecule has 18 heteroatoms. The largest absolute Gasteiger partial charge is 0.489 e. The number of rotatable bonds is 20. The molecule has 5 aromatic carbocycles. The molecule has 0 bridgehead atoms. The molecule has 0 aliphatic heterocycles. The van der Waals surface area contributed by atoms with Crippen LogP contribution in [-0.4, -0.2) is 52.8 Å². The van der Waals surface area contributed by atoms with Gasteiger partial charge in [-0.2, -0.15) is 0 Å². The van der Waals surface area contributed by atoms with Crippen LogP contribution in [0, 0.1) is 0 Å². The van der Waals surface area contributed by atoms with Crippen LogP contribution >= 0.6 is 46.7 Å². The maximum atomic E-state index is 12.9. The number of aromatic nitrogens is 6.